The topological polar surface area (TPSA) is 48.4 Å². The standard InChI is InChI=1S/C14H16ClNO2/c1-10-6-12(18-14(10)7-16)9-17-8-11-4-2-3-5-13(11)15/h2-6H,7-9,16H2,1H3. The number of furan rings is 1. The lowest BCUT2D eigenvalue weighted by Gasteiger charge is -2.04. The highest BCUT2D eigenvalue weighted by Gasteiger charge is 2.06. The van der Waals surface area contributed by atoms with E-state index in [2.05, 4.69) is 0 Å². The van der Waals surface area contributed by atoms with Crippen molar-refractivity contribution < 1.29 is 9.15 Å². The molecule has 0 saturated carbocycles. The first-order chi connectivity index (χ1) is 8.70. The SMILES string of the molecule is Cc1cc(COCc2ccccc2Cl)oc1CN. The molecule has 0 spiro atoms. The Balaban J connectivity index is 1.90. The van der Waals surface area contributed by atoms with Crippen molar-refractivity contribution in [3.63, 3.8) is 0 Å². The Hall–Kier alpha value is -1.29. The van der Waals surface area contributed by atoms with Crippen LogP contribution in [0.3, 0.4) is 0 Å². The van der Waals surface area contributed by atoms with E-state index in [0.29, 0.717) is 19.8 Å². The maximum atomic E-state index is 6.04. The first kappa shape index (κ1) is 13.1. The van der Waals surface area contributed by atoms with E-state index in [-0.39, 0.29) is 0 Å². The Morgan fingerprint density at radius 1 is 1.28 bits per heavy atom. The van der Waals surface area contributed by atoms with Gasteiger partial charge in [-0.2, -0.15) is 0 Å². The summed E-state index contributed by atoms with van der Waals surface area (Å²) in [6.07, 6.45) is 0. The molecule has 0 aliphatic rings. The maximum Gasteiger partial charge on any atom is 0.130 e. The van der Waals surface area contributed by atoms with Gasteiger partial charge in [0.1, 0.15) is 18.1 Å². The highest BCUT2D eigenvalue weighted by molar-refractivity contribution is 6.31. The largest absolute Gasteiger partial charge is 0.462 e. The molecule has 1 aromatic heterocycles. The van der Waals surface area contributed by atoms with E-state index in [4.69, 9.17) is 26.5 Å². The quantitative estimate of drug-likeness (QED) is 0.901. The zero-order valence-corrected chi connectivity index (χ0v) is 11.0. The summed E-state index contributed by atoms with van der Waals surface area (Å²) in [6, 6.07) is 9.59. The van der Waals surface area contributed by atoms with Crippen LogP contribution in [0.1, 0.15) is 22.6 Å². The third-order valence-electron chi connectivity index (χ3n) is 2.72. The highest BCUT2D eigenvalue weighted by Crippen LogP contribution is 2.18. The van der Waals surface area contributed by atoms with Crippen molar-refractivity contribution in [3.05, 3.63) is 58.0 Å². The summed E-state index contributed by atoms with van der Waals surface area (Å²) in [4.78, 5) is 0. The number of rotatable bonds is 5. The predicted molar refractivity (Wildman–Crippen MR) is 71.3 cm³/mol. The fourth-order valence-electron chi connectivity index (χ4n) is 1.74. The van der Waals surface area contributed by atoms with Gasteiger partial charge in [-0.05, 0) is 30.2 Å². The third kappa shape index (κ3) is 3.13. The molecule has 4 heteroatoms. The van der Waals surface area contributed by atoms with Gasteiger partial charge in [0.15, 0.2) is 0 Å². The monoisotopic (exact) mass is 265 g/mol. The minimum atomic E-state index is 0.413. The van der Waals surface area contributed by atoms with E-state index in [1.54, 1.807) is 0 Å². The summed E-state index contributed by atoms with van der Waals surface area (Å²) in [6.45, 7) is 3.28. The molecule has 1 aromatic carbocycles. The molecule has 3 nitrogen and oxygen atoms in total. The number of benzene rings is 1. The van der Waals surface area contributed by atoms with Crippen molar-refractivity contribution in [2.45, 2.75) is 26.7 Å². The van der Waals surface area contributed by atoms with Gasteiger partial charge < -0.3 is 14.9 Å². The van der Waals surface area contributed by atoms with E-state index in [0.717, 1.165) is 27.7 Å². The van der Waals surface area contributed by atoms with Crippen molar-refractivity contribution in [2.75, 3.05) is 0 Å². The third-order valence-corrected chi connectivity index (χ3v) is 3.09. The molecule has 96 valence electrons. The molecule has 0 saturated heterocycles. The van der Waals surface area contributed by atoms with Gasteiger partial charge >= 0.3 is 0 Å². The molecule has 0 fully saturated rings. The van der Waals surface area contributed by atoms with E-state index >= 15 is 0 Å². The molecule has 0 amide bonds. The number of halogens is 1. The second-order valence-corrected chi connectivity index (χ2v) is 4.51. The molecular weight excluding hydrogens is 250 g/mol. The van der Waals surface area contributed by atoms with Crippen LogP contribution in [-0.2, 0) is 24.5 Å². The molecule has 1 heterocycles. The van der Waals surface area contributed by atoms with E-state index in [9.17, 15) is 0 Å². The van der Waals surface area contributed by atoms with Crippen molar-refractivity contribution in [1.82, 2.24) is 0 Å². The molecule has 2 N–H and O–H groups in total. The zero-order chi connectivity index (χ0) is 13.0. The minimum Gasteiger partial charge on any atom is -0.462 e. The molecule has 2 rings (SSSR count). The van der Waals surface area contributed by atoms with Gasteiger partial charge in [0, 0.05) is 5.02 Å². The fourth-order valence-corrected chi connectivity index (χ4v) is 1.93. The average molecular weight is 266 g/mol. The average Bonchev–Trinajstić information content (AvgIpc) is 2.72. The smallest absolute Gasteiger partial charge is 0.130 e. The van der Waals surface area contributed by atoms with E-state index in [1.165, 1.54) is 0 Å². The molecule has 0 bridgehead atoms. The van der Waals surface area contributed by atoms with Crippen LogP contribution in [0.15, 0.2) is 34.7 Å². The van der Waals surface area contributed by atoms with Crippen molar-refractivity contribution in [2.24, 2.45) is 5.73 Å². The van der Waals surface area contributed by atoms with Crippen LogP contribution >= 0.6 is 11.6 Å². The summed E-state index contributed by atoms with van der Waals surface area (Å²) < 4.78 is 11.1. The summed E-state index contributed by atoms with van der Waals surface area (Å²) in [7, 11) is 0. The van der Waals surface area contributed by atoms with Gasteiger partial charge in [-0.25, -0.2) is 0 Å². The number of aryl methyl sites for hydroxylation is 1. The van der Waals surface area contributed by atoms with Crippen molar-refractivity contribution >= 4 is 11.6 Å². The summed E-state index contributed by atoms with van der Waals surface area (Å²) in [5.41, 5.74) is 7.59. The van der Waals surface area contributed by atoms with Crippen LogP contribution in [0, 0.1) is 6.92 Å². The molecule has 0 radical (unpaired) electrons. The molecule has 2 aromatic rings. The number of hydrogen-bond acceptors (Lipinski definition) is 3. The van der Waals surface area contributed by atoms with Crippen molar-refractivity contribution in [1.29, 1.82) is 0 Å². The fraction of sp³-hybridized carbons (Fsp3) is 0.286. The number of nitrogens with two attached hydrogens (primary N) is 1. The normalized spacial score (nSPS) is 10.8. The van der Waals surface area contributed by atoms with Crippen molar-refractivity contribution in [3.8, 4) is 0 Å². The second-order valence-electron chi connectivity index (χ2n) is 4.11. The number of hydrogen-bond donors (Lipinski definition) is 1. The van der Waals surface area contributed by atoms with Gasteiger partial charge in [-0.15, -0.1) is 0 Å². The summed E-state index contributed by atoms with van der Waals surface area (Å²) in [5.74, 6) is 1.60. The molecular formula is C14H16ClNO2. The first-order valence-corrected chi connectivity index (χ1v) is 6.18. The van der Waals surface area contributed by atoms with Crippen LogP contribution in [0.5, 0.6) is 0 Å². The van der Waals surface area contributed by atoms with Crippen LogP contribution in [0.2, 0.25) is 5.02 Å². The van der Waals surface area contributed by atoms with Crippen LogP contribution in [-0.4, -0.2) is 0 Å². The Morgan fingerprint density at radius 3 is 2.72 bits per heavy atom. The van der Waals surface area contributed by atoms with Gasteiger partial charge in [-0.1, -0.05) is 29.8 Å². The molecule has 0 atom stereocenters. The van der Waals surface area contributed by atoms with Crippen LogP contribution < -0.4 is 5.73 Å². The zero-order valence-electron chi connectivity index (χ0n) is 10.3. The summed E-state index contributed by atoms with van der Waals surface area (Å²) in [5, 5.41) is 0.718. The molecule has 0 unspecified atom stereocenters. The molecule has 0 aliphatic carbocycles. The van der Waals surface area contributed by atoms with Gasteiger partial charge in [0.05, 0.1) is 13.2 Å². The van der Waals surface area contributed by atoms with Gasteiger partial charge in [0.25, 0.3) is 0 Å². The lowest BCUT2D eigenvalue weighted by Crippen LogP contribution is -1.95. The second kappa shape index (κ2) is 6.05. The number of ether oxygens (including phenoxy) is 1. The lowest BCUT2D eigenvalue weighted by atomic mass is 10.2. The summed E-state index contributed by atoms with van der Waals surface area (Å²) >= 11 is 6.04. The van der Waals surface area contributed by atoms with Crippen LogP contribution in [0.4, 0.5) is 0 Å². The Labute approximate surface area is 111 Å². The highest BCUT2D eigenvalue weighted by atomic mass is 35.5. The Morgan fingerprint density at radius 2 is 2.06 bits per heavy atom. The van der Waals surface area contributed by atoms with E-state index < -0.39 is 0 Å². The Bertz CT molecular complexity index is 522. The van der Waals surface area contributed by atoms with Gasteiger partial charge in [0.2, 0.25) is 0 Å². The first-order valence-electron chi connectivity index (χ1n) is 5.80. The predicted octanol–water partition coefficient (Wildman–Crippen LogP) is 3.42. The van der Waals surface area contributed by atoms with Crippen LogP contribution in [0.25, 0.3) is 0 Å². The molecule has 18 heavy (non-hydrogen) atoms. The molecule has 0 aliphatic heterocycles. The lowest BCUT2D eigenvalue weighted by molar-refractivity contribution is 0.0921. The van der Waals surface area contributed by atoms with Gasteiger partial charge in [-0.3, -0.25) is 0 Å². The Kier molecular flexibility index (Phi) is 4.42. The minimum absolute atomic E-state index is 0.413. The van der Waals surface area contributed by atoms with E-state index in [1.807, 2.05) is 37.3 Å². The maximum absolute atomic E-state index is 6.04.